The minimum atomic E-state index is -0.370. The van der Waals surface area contributed by atoms with Gasteiger partial charge in [0.15, 0.2) is 0 Å². The molecule has 6 heteroatoms. The van der Waals surface area contributed by atoms with E-state index in [1.165, 1.54) is 12.0 Å². The Morgan fingerprint density at radius 1 is 1.19 bits per heavy atom. The lowest BCUT2D eigenvalue weighted by atomic mass is 10.1. The van der Waals surface area contributed by atoms with Crippen LogP contribution in [0, 0.1) is 11.3 Å². The van der Waals surface area contributed by atoms with E-state index in [1.807, 2.05) is 6.07 Å². The molecule has 1 aromatic carbocycles. The molecule has 0 atom stereocenters. The molecule has 1 amide bonds. The van der Waals surface area contributed by atoms with Gasteiger partial charge in [0, 0.05) is 25.8 Å². The van der Waals surface area contributed by atoms with E-state index in [0.29, 0.717) is 24.3 Å². The number of methoxy groups -OCH3 is 2. The highest BCUT2D eigenvalue weighted by Gasteiger charge is 2.17. The van der Waals surface area contributed by atoms with E-state index in [9.17, 15) is 9.59 Å². The van der Waals surface area contributed by atoms with Crippen molar-refractivity contribution < 1.29 is 19.1 Å². The molecule has 0 aliphatic carbocycles. The molecule has 0 aromatic heterocycles. The van der Waals surface area contributed by atoms with Crippen LogP contribution in [-0.2, 0) is 14.3 Å². The van der Waals surface area contributed by atoms with Crippen LogP contribution in [0.5, 0.6) is 0 Å². The Morgan fingerprint density at radius 3 is 2.38 bits per heavy atom. The van der Waals surface area contributed by atoms with E-state index < -0.39 is 0 Å². The van der Waals surface area contributed by atoms with Crippen molar-refractivity contribution in [1.29, 1.82) is 5.26 Å². The maximum atomic E-state index is 12.4. The van der Waals surface area contributed by atoms with Crippen molar-refractivity contribution in [3.63, 3.8) is 0 Å². The summed E-state index contributed by atoms with van der Waals surface area (Å²) in [7, 11) is 2.86. The molecular weight excluding hydrogens is 272 g/mol. The molecule has 0 saturated heterocycles. The van der Waals surface area contributed by atoms with Crippen LogP contribution >= 0.6 is 0 Å². The molecule has 1 aromatic rings. The number of ether oxygens (including phenoxy) is 2. The number of nitrogens with zero attached hydrogens (tertiary/aromatic N) is 2. The third kappa shape index (κ3) is 5.24. The van der Waals surface area contributed by atoms with Gasteiger partial charge in [-0.1, -0.05) is 0 Å². The molecule has 21 heavy (non-hydrogen) atoms. The highest BCUT2D eigenvalue weighted by atomic mass is 16.5. The van der Waals surface area contributed by atoms with Gasteiger partial charge >= 0.3 is 5.97 Å². The third-order valence-electron chi connectivity index (χ3n) is 2.93. The van der Waals surface area contributed by atoms with Crippen LogP contribution in [0.25, 0.3) is 0 Å². The van der Waals surface area contributed by atoms with Crippen molar-refractivity contribution in [2.75, 3.05) is 33.9 Å². The van der Waals surface area contributed by atoms with Gasteiger partial charge < -0.3 is 14.4 Å². The summed E-state index contributed by atoms with van der Waals surface area (Å²) in [5.74, 6) is -0.578. The first-order valence-corrected chi connectivity index (χ1v) is 6.47. The van der Waals surface area contributed by atoms with Gasteiger partial charge in [0.1, 0.15) is 0 Å². The zero-order valence-corrected chi connectivity index (χ0v) is 12.2. The SMILES string of the molecule is COCCN(CCC(=O)OC)C(=O)c1ccc(C#N)cc1. The molecule has 0 unspecified atom stereocenters. The van der Waals surface area contributed by atoms with Gasteiger partial charge in [-0.2, -0.15) is 5.26 Å². The Bertz CT molecular complexity index is 519. The molecule has 0 radical (unpaired) electrons. The molecule has 1 rings (SSSR count). The number of hydrogen-bond acceptors (Lipinski definition) is 5. The summed E-state index contributed by atoms with van der Waals surface area (Å²) in [5, 5.41) is 8.75. The minimum absolute atomic E-state index is 0.127. The number of esters is 1. The fourth-order valence-corrected chi connectivity index (χ4v) is 1.71. The lowest BCUT2D eigenvalue weighted by molar-refractivity contribution is -0.140. The Hall–Kier alpha value is -2.39. The first kappa shape index (κ1) is 16.7. The van der Waals surface area contributed by atoms with E-state index in [-0.39, 0.29) is 24.8 Å². The summed E-state index contributed by atoms with van der Waals surface area (Å²) in [6.07, 6.45) is 0.127. The number of carbonyl (C=O) groups excluding carboxylic acids is 2. The fourth-order valence-electron chi connectivity index (χ4n) is 1.71. The van der Waals surface area contributed by atoms with Crippen molar-refractivity contribution in [2.45, 2.75) is 6.42 Å². The summed E-state index contributed by atoms with van der Waals surface area (Å²) in [6, 6.07) is 8.36. The number of rotatable bonds is 7. The van der Waals surface area contributed by atoms with Gasteiger partial charge in [-0.3, -0.25) is 9.59 Å². The van der Waals surface area contributed by atoms with Gasteiger partial charge in [-0.15, -0.1) is 0 Å². The van der Waals surface area contributed by atoms with Gasteiger partial charge in [0.25, 0.3) is 5.91 Å². The molecule has 112 valence electrons. The first-order valence-electron chi connectivity index (χ1n) is 6.47. The van der Waals surface area contributed by atoms with Crippen molar-refractivity contribution in [1.82, 2.24) is 4.90 Å². The molecule has 0 bridgehead atoms. The average molecular weight is 290 g/mol. The van der Waals surface area contributed by atoms with E-state index in [0.717, 1.165) is 0 Å². The van der Waals surface area contributed by atoms with Crippen LogP contribution in [-0.4, -0.2) is 50.7 Å². The van der Waals surface area contributed by atoms with Crippen LogP contribution in [0.15, 0.2) is 24.3 Å². The fraction of sp³-hybridized carbons (Fsp3) is 0.400. The summed E-state index contributed by atoms with van der Waals surface area (Å²) < 4.78 is 9.55. The normalized spacial score (nSPS) is 9.76. The maximum Gasteiger partial charge on any atom is 0.307 e. The number of benzene rings is 1. The molecule has 0 aliphatic heterocycles. The molecule has 0 saturated carbocycles. The smallest absolute Gasteiger partial charge is 0.307 e. The molecule has 0 heterocycles. The lowest BCUT2D eigenvalue weighted by Gasteiger charge is -2.22. The van der Waals surface area contributed by atoms with E-state index in [2.05, 4.69) is 4.74 Å². The van der Waals surface area contributed by atoms with E-state index in [1.54, 1.807) is 31.4 Å². The molecule has 0 N–H and O–H groups in total. The number of carbonyl (C=O) groups is 2. The Morgan fingerprint density at radius 2 is 1.86 bits per heavy atom. The van der Waals surface area contributed by atoms with Crippen molar-refractivity contribution in [3.8, 4) is 6.07 Å². The Labute approximate surface area is 123 Å². The summed E-state index contributed by atoms with van der Waals surface area (Å²) in [4.78, 5) is 25.1. The molecule has 0 fully saturated rings. The van der Waals surface area contributed by atoms with Crippen LogP contribution < -0.4 is 0 Å². The van der Waals surface area contributed by atoms with Crippen molar-refractivity contribution in [3.05, 3.63) is 35.4 Å². The quantitative estimate of drug-likeness (QED) is 0.705. The Kier molecular flexibility index (Phi) is 6.92. The number of nitriles is 1. The predicted molar refractivity (Wildman–Crippen MR) is 75.6 cm³/mol. The highest BCUT2D eigenvalue weighted by molar-refractivity contribution is 5.94. The maximum absolute atomic E-state index is 12.4. The summed E-state index contributed by atoms with van der Waals surface area (Å²) >= 11 is 0. The monoisotopic (exact) mass is 290 g/mol. The number of hydrogen-bond donors (Lipinski definition) is 0. The predicted octanol–water partition coefficient (Wildman–Crippen LogP) is 1.21. The lowest BCUT2D eigenvalue weighted by Crippen LogP contribution is -2.35. The van der Waals surface area contributed by atoms with Crippen LogP contribution in [0.2, 0.25) is 0 Å². The second-order valence-corrected chi connectivity index (χ2v) is 4.30. The van der Waals surface area contributed by atoms with Crippen LogP contribution in [0.4, 0.5) is 0 Å². The zero-order valence-electron chi connectivity index (χ0n) is 12.2. The van der Waals surface area contributed by atoms with Gasteiger partial charge in [0.2, 0.25) is 0 Å². The van der Waals surface area contributed by atoms with Crippen LogP contribution in [0.1, 0.15) is 22.3 Å². The molecular formula is C15H18N2O4. The minimum Gasteiger partial charge on any atom is -0.469 e. The van der Waals surface area contributed by atoms with E-state index in [4.69, 9.17) is 10.00 Å². The molecule has 6 nitrogen and oxygen atoms in total. The second kappa shape index (κ2) is 8.72. The molecule has 0 spiro atoms. The largest absolute Gasteiger partial charge is 0.469 e. The van der Waals surface area contributed by atoms with Gasteiger partial charge in [0.05, 0.1) is 31.8 Å². The topological polar surface area (TPSA) is 79.6 Å². The average Bonchev–Trinajstić information content (AvgIpc) is 2.54. The van der Waals surface area contributed by atoms with Gasteiger partial charge in [-0.25, -0.2) is 0 Å². The number of amides is 1. The van der Waals surface area contributed by atoms with Crippen molar-refractivity contribution in [2.24, 2.45) is 0 Å². The highest BCUT2D eigenvalue weighted by Crippen LogP contribution is 2.08. The zero-order chi connectivity index (χ0) is 15.7. The first-order chi connectivity index (χ1) is 10.1. The summed E-state index contributed by atoms with van der Waals surface area (Å²) in [6.45, 7) is 1.02. The Balaban J connectivity index is 2.77. The van der Waals surface area contributed by atoms with E-state index >= 15 is 0 Å². The molecule has 0 aliphatic rings. The summed E-state index contributed by atoms with van der Waals surface area (Å²) in [5.41, 5.74) is 0.958. The van der Waals surface area contributed by atoms with Crippen LogP contribution in [0.3, 0.4) is 0 Å². The van der Waals surface area contributed by atoms with Crippen molar-refractivity contribution >= 4 is 11.9 Å². The third-order valence-corrected chi connectivity index (χ3v) is 2.93. The van der Waals surface area contributed by atoms with Gasteiger partial charge in [-0.05, 0) is 24.3 Å². The standard InChI is InChI=1S/C15H18N2O4/c1-20-10-9-17(8-7-14(18)21-2)15(19)13-5-3-12(11-16)4-6-13/h3-6H,7-10H2,1-2H3. The second-order valence-electron chi connectivity index (χ2n) is 4.30.